The van der Waals surface area contributed by atoms with Gasteiger partial charge in [-0.25, -0.2) is 9.37 Å². The number of carbonyl (C=O) groups excluding carboxylic acids is 1. The van der Waals surface area contributed by atoms with Crippen molar-refractivity contribution in [3.8, 4) is 0 Å². The molecule has 0 radical (unpaired) electrons. The Bertz CT molecular complexity index is 1120. The number of hydrogen-bond donors (Lipinski definition) is 1. The number of aryl methyl sites for hydroxylation is 1. The monoisotopic (exact) mass is 392 g/mol. The predicted molar refractivity (Wildman–Crippen MR) is 109 cm³/mol. The lowest BCUT2D eigenvalue weighted by molar-refractivity contribution is 0.102. The molecule has 0 aliphatic heterocycles. The van der Waals surface area contributed by atoms with Crippen molar-refractivity contribution in [1.82, 2.24) is 4.98 Å². The van der Waals surface area contributed by atoms with Crippen LogP contribution < -0.4 is 5.32 Å². The second kappa shape index (κ2) is 7.86. The van der Waals surface area contributed by atoms with Gasteiger partial charge >= 0.3 is 0 Å². The molecule has 0 fully saturated rings. The van der Waals surface area contributed by atoms with Gasteiger partial charge in [0, 0.05) is 11.3 Å². The number of anilines is 1. The molecule has 0 atom stereocenters. The Morgan fingerprint density at radius 3 is 2.71 bits per heavy atom. The predicted octanol–water partition coefficient (Wildman–Crippen LogP) is 5.82. The van der Waals surface area contributed by atoms with Crippen LogP contribution in [-0.2, 0) is 5.75 Å². The Labute approximate surface area is 165 Å². The Hall–Kier alpha value is -3.12. The molecule has 0 unspecified atom stereocenters. The van der Waals surface area contributed by atoms with E-state index in [9.17, 15) is 9.18 Å². The molecule has 4 aromatic rings. The van der Waals surface area contributed by atoms with Crippen molar-refractivity contribution in [2.24, 2.45) is 0 Å². The van der Waals surface area contributed by atoms with E-state index < -0.39 is 5.82 Å². The highest BCUT2D eigenvalue weighted by Crippen LogP contribution is 2.27. The fraction of sp³-hybridized carbons (Fsp3) is 0.0909. The van der Waals surface area contributed by atoms with Gasteiger partial charge in [0.25, 0.3) is 11.1 Å². The maximum Gasteiger partial charge on any atom is 0.257 e. The highest BCUT2D eigenvalue weighted by Gasteiger charge is 2.14. The number of benzene rings is 3. The molecule has 0 spiro atoms. The molecule has 140 valence electrons. The van der Waals surface area contributed by atoms with Gasteiger partial charge in [-0.3, -0.25) is 4.79 Å². The van der Waals surface area contributed by atoms with Crippen molar-refractivity contribution in [1.29, 1.82) is 0 Å². The fourth-order valence-corrected chi connectivity index (χ4v) is 3.67. The van der Waals surface area contributed by atoms with Gasteiger partial charge in [0.1, 0.15) is 11.3 Å². The number of nitrogens with one attached hydrogen (secondary N) is 1. The zero-order valence-corrected chi connectivity index (χ0v) is 15.9. The third-order valence-electron chi connectivity index (χ3n) is 4.26. The molecule has 0 bridgehead atoms. The molecular weight excluding hydrogens is 375 g/mol. The Morgan fingerprint density at radius 1 is 1.11 bits per heavy atom. The van der Waals surface area contributed by atoms with E-state index in [1.54, 1.807) is 31.2 Å². The summed E-state index contributed by atoms with van der Waals surface area (Å²) < 4.78 is 19.8. The highest BCUT2D eigenvalue weighted by molar-refractivity contribution is 7.98. The number of halogens is 1. The average molecular weight is 392 g/mol. The Balaban J connectivity index is 1.52. The number of oxazole rings is 1. The van der Waals surface area contributed by atoms with Crippen LogP contribution in [0.3, 0.4) is 0 Å². The van der Waals surface area contributed by atoms with Gasteiger partial charge < -0.3 is 9.73 Å². The topological polar surface area (TPSA) is 55.1 Å². The lowest BCUT2D eigenvalue weighted by Gasteiger charge is -2.10. The summed E-state index contributed by atoms with van der Waals surface area (Å²) in [7, 11) is 0. The molecule has 4 nitrogen and oxygen atoms in total. The number of rotatable bonds is 5. The van der Waals surface area contributed by atoms with Crippen molar-refractivity contribution < 1.29 is 13.6 Å². The number of para-hydroxylation sites is 2. The lowest BCUT2D eigenvalue weighted by atomic mass is 10.1. The first-order valence-corrected chi connectivity index (χ1v) is 9.72. The standard InChI is InChI=1S/C22H17FN2O2S/c1-14-10-11-18(17(23)12-14)24-21(26)16-7-3-2-6-15(16)13-28-22-25-19-8-4-5-9-20(19)27-22/h2-12H,13H2,1H3,(H,24,26). The van der Waals surface area contributed by atoms with Gasteiger partial charge in [-0.15, -0.1) is 0 Å². The van der Waals surface area contributed by atoms with Crippen LogP contribution in [-0.4, -0.2) is 10.9 Å². The Kier molecular flexibility index (Phi) is 5.12. The van der Waals surface area contributed by atoms with Crippen LogP contribution in [0.5, 0.6) is 0 Å². The summed E-state index contributed by atoms with van der Waals surface area (Å²) in [4.78, 5) is 17.1. The second-order valence-electron chi connectivity index (χ2n) is 6.33. The van der Waals surface area contributed by atoms with Crippen LogP contribution in [0.25, 0.3) is 11.1 Å². The zero-order chi connectivity index (χ0) is 19.5. The van der Waals surface area contributed by atoms with E-state index in [2.05, 4.69) is 10.3 Å². The molecule has 0 saturated heterocycles. The minimum atomic E-state index is -0.452. The van der Waals surface area contributed by atoms with E-state index in [-0.39, 0.29) is 11.6 Å². The van der Waals surface area contributed by atoms with Gasteiger partial charge in [-0.05, 0) is 48.4 Å². The van der Waals surface area contributed by atoms with Crippen molar-refractivity contribution in [3.63, 3.8) is 0 Å². The molecule has 1 aromatic heterocycles. The SMILES string of the molecule is Cc1ccc(NC(=O)c2ccccc2CSc2nc3ccccc3o2)c(F)c1. The van der Waals surface area contributed by atoms with E-state index in [0.29, 0.717) is 16.5 Å². The molecular formula is C22H17FN2O2S. The molecule has 1 N–H and O–H groups in total. The lowest BCUT2D eigenvalue weighted by Crippen LogP contribution is -2.15. The summed E-state index contributed by atoms with van der Waals surface area (Å²) >= 11 is 1.41. The summed E-state index contributed by atoms with van der Waals surface area (Å²) in [6.07, 6.45) is 0. The molecule has 3 aromatic carbocycles. The van der Waals surface area contributed by atoms with Gasteiger partial charge in [-0.2, -0.15) is 0 Å². The van der Waals surface area contributed by atoms with Gasteiger partial charge in [0.05, 0.1) is 5.69 Å². The smallest absolute Gasteiger partial charge is 0.257 e. The average Bonchev–Trinajstić information content (AvgIpc) is 3.12. The molecule has 0 aliphatic carbocycles. The van der Waals surface area contributed by atoms with Gasteiger partial charge in [-0.1, -0.05) is 48.2 Å². The number of amides is 1. The van der Waals surface area contributed by atoms with Crippen LogP contribution >= 0.6 is 11.8 Å². The first-order chi connectivity index (χ1) is 13.6. The molecule has 1 heterocycles. The minimum Gasteiger partial charge on any atom is -0.431 e. The highest BCUT2D eigenvalue weighted by atomic mass is 32.2. The first-order valence-electron chi connectivity index (χ1n) is 8.74. The van der Waals surface area contributed by atoms with Crippen LogP contribution in [0, 0.1) is 12.7 Å². The molecule has 28 heavy (non-hydrogen) atoms. The van der Waals surface area contributed by atoms with Crippen molar-refractivity contribution in [2.75, 3.05) is 5.32 Å². The van der Waals surface area contributed by atoms with Crippen LogP contribution in [0.2, 0.25) is 0 Å². The van der Waals surface area contributed by atoms with Crippen LogP contribution in [0.1, 0.15) is 21.5 Å². The maximum atomic E-state index is 14.1. The maximum absolute atomic E-state index is 14.1. The molecule has 0 aliphatic rings. The molecule has 1 amide bonds. The summed E-state index contributed by atoms with van der Waals surface area (Å²) in [5.74, 6) is -0.296. The second-order valence-corrected chi connectivity index (χ2v) is 7.26. The molecule has 4 rings (SSSR count). The van der Waals surface area contributed by atoms with Crippen molar-refractivity contribution >= 4 is 34.5 Å². The van der Waals surface area contributed by atoms with E-state index in [1.165, 1.54) is 17.8 Å². The normalized spacial score (nSPS) is 10.9. The van der Waals surface area contributed by atoms with Crippen LogP contribution in [0.15, 0.2) is 76.4 Å². The summed E-state index contributed by atoms with van der Waals surface area (Å²) in [6, 6.07) is 19.5. The molecule has 6 heteroatoms. The molecule has 0 saturated carbocycles. The first kappa shape index (κ1) is 18.3. The van der Waals surface area contributed by atoms with E-state index in [1.807, 2.05) is 36.4 Å². The van der Waals surface area contributed by atoms with Crippen LogP contribution in [0.4, 0.5) is 10.1 Å². The number of nitrogens with zero attached hydrogens (tertiary/aromatic N) is 1. The van der Waals surface area contributed by atoms with Gasteiger partial charge in [0.2, 0.25) is 0 Å². The number of hydrogen-bond acceptors (Lipinski definition) is 4. The third-order valence-corrected chi connectivity index (χ3v) is 5.14. The minimum absolute atomic E-state index is 0.164. The van der Waals surface area contributed by atoms with Crippen molar-refractivity contribution in [2.45, 2.75) is 17.9 Å². The largest absolute Gasteiger partial charge is 0.431 e. The van der Waals surface area contributed by atoms with E-state index in [0.717, 1.165) is 22.2 Å². The Morgan fingerprint density at radius 2 is 1.89 bits per heavy atom. The van der Waals surface area contributed by atoms with Crippen molar-refractivity contribution in [3.05, 3.63) is 89.2 Å². The summed E-state index contributed by atoms with van der Waals surface area (Å²) in [5.41, 5.74) is 3.80. The van der Waals surface area contributed by atoms with E-state index in [4.69, 9.17) is 4.42 Å². The number of carbonyl (C=O) groups is 1. The van der Waals surface area contributed by atoms with E-state index >= 15 is 0 Å². The number of fused-ring (bicyclic) bond motifs is 1. The number of aromatic nitrogens is 1. The zero-order valence-electron chi connectivity index (χ0n) is 15.1. The summed E-state index contributed by atoms with van der Waals surface area (Å²) in [6.45, 7) is 1.80. The fourth-order valence-electron chi connectivity index (χ4n) is 2.83. The third kappa shape index (κ3) is 3.92. The summed E-state index contributed by atoms with van der Waals surface area (Å²) in [5, 5.41) is 3.19. The number of thioether (sulfide) groups is 1. The quantitative estimate of drug-likeness (QED) is 0.435. The van der Waals surface area contributed by atoms with Gasteiger partial charge in [0.15, 0.2) is 5.58 Å².